The van der Waals surface area contributed by atoms with Crippen molar-refractivity contribution in [2.45, 2.75) is 50.1 Å². The summed E-state index contributed by atoms with van der Waals surface area (Å²) in [7, 11) is 0. The molecule has 6 heteroatoms. The van der Waals surface area contributed by atoms with Gasteiger partial charge >= 0.3 is 0 Å². The Morgan fingerprint density at radius 3 is 2.92 bits per heavy atom. The highest BCUT2D eigenvalue weighted by Gasteiger charge is 2.22. The highest BCUT2D eigenvalue weighted by Crippen LogP contribution is 2.28. The Morgan fingerprint density at radius 2 is 2.12 bits per heavy atom. The predicted octanol–water partition coefficient (Wildman–Crippen LogP) is 4.33. The fourth-order valence-electron chi connectivity index (χ4n) is 3.46. The van der Waals surface area contributed by atoms with Crippen LogP contribution in [0.5, 0.6) is 0 Å². The minimum absolute atomic E-state index is 0.0211. The molecule has 2 heterocycles. The summed E-state index contributed by atoms with van der Waals surface area (Å²) in [5.74, 6) is 0.0898. The zero-order chi connectivity index (χ0) is 18.3. The summed E-state index contributed by atoms with van der Waals surface area (Å²) in [5.41, 5.74) is 4.12. The molecule has 0 fully saturated rings. The number of thioether (sulfide) groups is 1. The fourth-order valence-corrected chi connectivity index (χ4v) is 5.29. The number of ketones is 1. The van der Waals surface area contributed by atoms with Gasteiger partial charge in [0.25, 0.3) is 5.56 Å². The molecule has 0 saturated carbocycles. The molecule has 0 radical (unpaired) electrons. The van der Waals surface area contributed by atoms with Crippen molar-refractivity contribution >= 4 is 39.1 Å². The molecule has 4 nitrogen and oxygen atoms in total. The molecule has 0 amide bonds. The van der Waals surface area contributed by atoms with E-state index in [9.17, 15) is 9.59 Å². The van der Waals surface area contributed by atoms with Crippen molar-refractivity contribution in [3.05, 3.63) is 56.7 Å². The van der Waals surface area contributed by atoms with Gasteiger partial charge in [-0.25, -0.2) is 4.98 Å². The summed E-state index contributed by atoms with van der Waals surface area (Å²) in [6.45, 7) is 4.37. The molecule has 1 aromatic carbocycles. The summed E-state index contributed by atoms with van der Waals surface area (Å²) in [5, 5.41) is 2.20. The van der Waals surface area contributed by atoms with Crippen molar-refractivity contribution in [1.82, 2.24) is 9.55 Å². The predicted molar refractivity (Wildman–Crippen MR) is 108 cm³/mol. The first-order valence-electron chi connectivity index (χ1n) is 8.89. The van der Waals surface area contributed by atoms with Crippen LogP contribution in [0.2, 0.25) is 0 Å². The average molecular weight is 385 g/mol. The van der Waals surface area contributed by atoms with E-state index in [2.05, 4.69) is 11.1 Å². The normalized spacial score (nSPS) is 14.5. The molecule has 0 N–H and O–H groups in total. The van der Waals surface area contributed by atoms with Crippen LogP contribution in [0, 0.1) is 0 Å². The first-order valence-corrected chi connectivity index (χ1v) is 10.6. The number of rotatable bonds is 5. The number of hydrogen-bond acceptors (Lipinski definition) is 5. The Hall–Kier alpha value is -1.92. The Kier molecular flexibility index (Phi) is 4.71. The van der Waals surface area contributed by atoms with Gasteiger partial charge in [0, 0.05) is 12.1 Å². The fraction of sp³-hybridized carbons (Fsp3) is 0.350. The minimum atomic E-state index is -0.296. The van der Waals surface area contributed by atoms with Gasteiger partial charge in [0.15, 0.2) is 10.9 Å². The van der Waals surface area contributed by atoms with Crippen molar-refractivity contribution < 1.29 is 4.79 Å². The third-order valence-corrected chi connectivity index (χ3v) is 6.86. The topological polar surface area (TPSA) is 52.0 Å². The third-order valence-electron chi connectivity index (χ3n) is 4.88. The van der Waals surface area contributed by atoms with Crippen LogP contribution in [-0.2, 0) is 19.4 Å². The maximum atomic E-state index is 12.9. The molecular weight excluding hydrogens is 364 g/mol. The van der Waals surface area contributed by atoms with Crippen molar-refractivity contribution in [2.24, 2.45) is 0 Å². The van der Waals surface area contributed by atoms with Crippen LogP contribution >= 0.6 is 23.1 Å². The molecule has 1 aliphatic carbocycles. The molecule has 2 aromatic heterocycles. The van der Waals surface area contributed by atoms with Gasteiger partial charge in [-0.15, -0.1) is 11.3 Å². The number of aryl methyl sites for hydroxylation is 2. The van der Waals surface area contributed by atoms with Crippen LogP contribution in [0.3, 0.4) is 0 Å². The van der Waals surface area contributed by atoms with E-state index in [0.717, 1.165) is 18.4 Å². The smallest absolute Gasteiger partial charge is 0.272 e. The summed E-state index contributed by atoms with van der Waals surface area (Å²) in [6, 6.07) is 7.93. The molecule has 1 aliphatic rings. The summed E-state index contributed by atoms with van der Waals surface area (Å²) in [4.78, 5) is 30.2. The Morgan fingerprint density at radius 1 is 1.31 bits per heavy atom. The minimum Gasteiger partial charge on any atom is -0.293 e. The van der Waals surface area contributed by atoms with E-state index in [0.29, 0.717) is 21.9 Å². The van der Waals surface area contributed by atoms with Crippen molar-refractivity contribution in [3.63, 3.8) is 0 Å². The van der Waals surface area contributed by atoms with E-state index in [1.54, 1.807) is 4.57 Å². The Labute approximate surface area is 160 Å². The van der Waals surface area contributed by atoms with Gasteiger partial charge in [0.1, 0.15) is 4.70 Å². The number of carbonyl (C=O) groups excluding carboxylic acids is 1. The molecule has 0 spiro atoms. The summed E-state index contributed by atoms with van der Waals surface area (Å²) < 4.78 is 2.34. The zero-order valence-electron chi connectivity index (χ0n) is 14.8. The number of thiophene rings is 1. The molecule has 3 aromatic rings. The molecular formula is C20H20N2O2S2. The standard InChI is InChI=1S/C20H20N2O2S2/c1-3-22-19(24)18-16(9-10-25-18)21-20(22)26-12(2)17(23)15-8-7-13-5-4-6-14(13)11-15/h7-12H,3-6H2,1-2H3. The van der Waals surface area contributed by atoms with E-state index < -0.39 is 0 Å². The molecule has 1 atom stereocenters. The molecule has 0 bridgehead atoms. The van der Waals surface area contributed by atoms with Crippen LogP contribution in [0.15, 0.2) is 39.6 Å². The maximum absolute atomic E-state index is 12.9. The van der Waals surface area contributed by atoms with Crippen molar-refractivity contribution in [2.75, 3.05) is 0 Å². The lowest BCUT2D eigenvalue weighted by atomic mass is 10.0. The van der Waals surface area contributed by atoms with Crippen LogP contribution in [0.4, 0.5) is 0 Å². The zero-order valence-corrected chi connectivity index (χ0v) is 16.5. The van der Waals surface area contributed by atoms with Gasteiger partial charge in [-0.1, -0.05) is 23.9 Å². The molecule has 134 valence electrons. The molecule has 26 heavy (non-hydrogen) atoms. The van der Waals surface area contributed by atoms with Crippen molar-refractivity contribution in [3.8, 4) is 0 Å². The number of hydrogen-bond donors (Lipinski definition) is 0. The van der Waals surface area contributed by atoms with Gasteiger partial charge in [-0.2, -0.15) is 0 Å². The average Bonchev–Trinajstić information content (AvgIpc) is 3.29. The van der Waals surface area contributed by atoms with Gasteiger partial charge in [-0.3, -0.25) is 14.2 Å². The van der Waals surface area contributed by atoms with Crippen LogP contribution in [0.1, 0.15) is 41.8 Å². The largest absolute Gasteiger partial charge is 0.293 e. The van der Waals surface area contributed by atoms with E-state index >= 15 is 0 Å². The molecule has 0 aliphatic heterocycles. The second-order valence-electron chi connectivity index (χ2n) is 6.54. The molecule has 0 saturated heterocycles. The van der Waals surface area contributed by atoms with E-state index in [4.69, 9.17) is 0 Å². The lowest BCUT2D eigenvalue weighted by Crippen LogP contribution is -2.23. The molecule has 1 unspecified atom stereocenters. The Balaban J connectivity index is 1.63. The van der Waals surface area contributed by atoms with E-state index in [-0.39, 0.29) is 16.6 Å². The number of nitrogens with zero attached hydrogens (tertiary/aromatic N) is 2. The first-order chi connectivity index (χ1) is 12.6. The van der Waals surface area contributed by atoms with Crippen molar-refractivity contribution in [1.29, 1.82) is 0 Å². The second kappa shape index (κ2) is 7.00. The number of carbonyl (C=O) groups is 1. The van der Waals surface area contributed by atoms with Gasteiger partial charge in [0.05, 0.1) is 10.8 Å². The maximum Gasteiger partial charge on any atom is 0.272 e. The lowest BCUT2D eigenvalue weighted by Gasteiger charge is -2.14. The number of aromatic nitrogens is 2. The Bertz CT molecular complexity index is 1050. The second-order valence-corrected chi connectivity index (χ2v) is 8.76. The number of Topliss-reactive ketones (excluding diaryl/α,β-unsaturated/α-hetero) is 1. The highest BCUT2D eigenvalue weighted by molar-refractivity contribution is 8.00. The van der Waals surface area contributed by atoms with Crippen LogP contribution < -0.4 is 5.56 Å². The van der Waals surface area contributed by atoms with Crippen LogP contribution in [-0.4, -0.2) is 20.6 Å². The summed E-state index contributed by atoms with van der Waals surface area (Å²) in [6.07, 6.45) is 3.34. The highest BCUT2D eigenvalue weighted by atomic mass is 32.2. The number of benzene rings is 1. The SMILES string of the molecule is CCn1c(SC(C)C(=O)c2ccc3c(c2)CCC3)nc2ccsc2c1=O. The third kappa shape index (κ3) is 3.01. The molecule has 4 rings (SSSR count). The summed E-state index contributed by atoms with van der Waals surface area (Å²) >= 11 is 2.78. The first kappa shape index (κ1) is 17.5. The number of fused-ring (bicyclic) bond motifs is 2. The van der Waals surface area contributed by atoms with Gasteiger partial charge in [0.2, 0.25) is 0 Å². The monoisotopic (exact) mass is 384 g/mol. The van der Waals surface area contributed by atoms with E-state index in [1.807, 2.05) is 37.4 Å². The quantitative estimate of drug-likeness (QED) is 0.373. The van der Waals surface area contributed by atoms with Crippen LogP contribution in [0.25, 0.3) is 10.2 Å². The van der Waals surface area contributed by atoms with Gasteiger partial charge in [-0.05, 0) is 61.7 Å². The van der Waals surface area contributed by atoms with Gasteiger partial charge < -0.3 is 0 Å². The lowest BCUT2D eigenvalue weighted by molar-refractivity contribution is 0.0993. The van der Waals surface area contributed by atoms with E-state index in [1.165, 1.54) is 40.6 Å².